The Labute approximate surface area is 318 Å². The molecular weight excluding hydrogens is 683 g/mol. The van der Waals surface area contributed by atoms with E-state index in [0.717, 1.165) is 33.4 Å². The molecule has 0 bridgehead atoms. The first kappa shape index (κ1) is 31.9. The number of aromatic nitrogens is 3. The lowest BCUT2D eigenvalue weighted by molar-refractivity contribution is 0.642. The Kier molecular flexibility index (Phi) is 7.67. The summed E-state index contributed by atoms with van der Waals surface area (Å²) >= 11 is 3.81. The van der Waals surface area contributed by atoms with Gasteiger partial charge in [-0.25, -0.2) is 15.0 Å². The highest BCUT2D eigenvalue weighted by Gasteiger charge is 2.39. The third-order valence-electron chi connectivity index (χ3n) is 10.3. The molecule has 1 aliphatic heterocycles. The fraction of sp³-hybridized carbons (Fsp3) is 0.0625. The predicted molar refractivity (Wildman–Crippen MR) is 219 cm³/mol. The highest BCUT2D eigenvalue weighted by atomic mass is 32.2. The van der Waals surface area contributed by atoms with Gasteiger partial charge >= 0.3 is 0 Å². The van der Waals surface area contributed by atoms with E-state index in [-0.39, 0.29) is 5.41 Å². The van der Waals surface area contributed by atoms with Gasteiger partial charge in [-0.2, -0.15) is 0 Å². The summed E-state index contributed by atoms with van der Waals surface area (Å²) in [6, 6.07) is 58.1. The summed E-state index contributed by atoms with van der Waals surface area (Å²) in [5.74, 6) is 1.95. The summed E-state index contributed by atoms with van der Waals surface area (Å²) < 4.78 is 0. The van der Waals surface area contributed by atoms with Crippen LogP contribution >= 0.6 is 23.5 Å². The first-order valence-electron chi connectivity index (χ1n) is 17.8. The third kappa shape index (κ3) is 5.59. The number of hydrogen-bond donors (Lipinski definition) is 0. The molecule has 0 saturated heterocycles. The van der Waals surface area contributed by atoms with Crippen LogP contribution in [0.5, 0.6) is 0 Å². The molecule has 10 rings (SSSR count). The first-order valence-corrected chi connectivity index (χ1v) is 19.5. The van der Waals surface area contributed by atoms with Gasteiger partial charge in [0, 0.05) is 41.7 Å². The smallest absolute Gasteiger partial charge is 0.164 e. The topological polar surface area (TPSA) is 38.7 Å². The van der Waals surface area contributed by atoms with Gasteiger partial charge < -0.3 is 0 Å². The quantitative estimate of drug-likeness (QED) is 0.177. The standard InChI is InChI=1S/C48H33N3S2/c1-48(2)39-29-33(22-23-37(39)38-24-25-42-44(43(38)48)53-41-21-13-12-20-40(41)52-42)35-26-34(30-14-6-3-7-15-30)27-36(28-35)47-50-45(31-16-8-4-9-17-31)49-46(51-47)32-18-10-5-11-19-32/h3-29H,1-2H3. The minimum absolute atomic E-state index is 0.172. The Hall–Kier alpha value is -5.75. The van der Waals surface area contributed by atoms with Gasteiger partial charge in [0.25, 0.3) is 0 Å². The van der Waals surface area contributed by atoms with Crippen LogP contribution < -0.4 is 0 Å². The molecule has 0 fully saturated rings. The van der Waals surface area contributed by atoms with Gasteiger partial charge in [-0.3, -0.25) is 0 Å². The summed E-state index contributed by atoms with van der Waals surface area (Å²) in [6.07, 6.45) is 0. The van der Waals surface area contributed by atoms with Gasteiger partial charge in [0.15, 0.2) is 17.5 Å². The average molecular weight is 716 g/mol. The maximum Gasteiger partial charge on any atom is 0.164 e. The lowest BCUT2D eigenvalue weighted by Gasteiger charge is -2.28. The SMILES string of the molecule is CC1(C)c2cc(-c3cc(-c4ccccc4)cc(-c4nc(-c5ccccc5)nc(-c5ccccc5)n4)c3)ccc2-c2ccc3c(c21)Sc1ccccc1S3. The maximum absolute atomic E-state index is 5.11. The predicted octanol–water partition coefficient (Wildman–Crippen LogP) is 13.1. The fourth-order valence-electron chi connectivity index (χ4n) is 7.71. The van der Waals surface area contributed by atoms with E-state index in [9.17, 15) is 0 Å². The minimum atomic E-state index is -0.172. The molecule has 0 N–H and O–H groups in total. The molecule has 3 nitrogen and oxygen atoms in total. The minimum Gasteiger partial charge on any atom is -0.208 e. The van der Waals surface area contributed by atoms with Crippen LogP contribution in [0.2, 0.25) is 0 Å². The van der Waals surface area contributed by atoms with Gasteiger partial charge in [0.2, 0.25) is 0 Å². The van der Waals surface area contributed by atoms with Gasteiger partial charge in [0.05, 0.1) is 0 Å². The van der Waals surface area contributed by atoms with Crippen molar-refractivity contribution in [1.29, 1.82) is 0 Å². The lowest BCUT2D eigenvalue weighted by Crippen LogP contribution is -2.17. The molecule has 0 unspecified atom stereocenters. The highest BCUT2D eigenvalue weighted by Crippen LogP contribution is 2.59. The molecule has 0 spiro atoms. The Morgan fingerprint density at radius 1 is 0.377 bits per heavy atom. The molecule has 2 aliphatic rings. The van der Waals surface area contributed by atoms with Crippen LogP contribution in [0.15, 0.2) is 183 Å². The van der Waals surface area contributed by atoms with Crippen molar-refractivity contribution in [2.24, 2.45) is 0 Å². The van der Waals surface area contributed by atoms with E-state index in [0.29, 0.717) is 17.5 Å². The molecule has 0 amide bonds. The van der Waals surface area contributed by atoms with Crippen LogP contribution in [-0.4, -0.2) is 15.0 Å². The van der Waals surface area contributed by atoms with E-state index in [1.165, 1.54) is 47.4 Å². The Bertz CT molecular complexity index is 2630. The van der Waals surface area contributed by atoms with Crippen LogP contribution in [0.4, 0.5) is 0 Å². The lowest BCUT2D eigenvalue weighted by atomic mass is 9.81. The second kappa shape index (κ2) is 12.7. The normalized spacial score (nSPS) is 13.5. The van der Waals surface area contributed by atoms with E-state index in [2.05, 4.69) is 141 Å². The van der Waals surface area contributed by atoms with Crippen LogP contribution in [0.1, 0.15) is 25.0 Å². The van der Waals surface area contributed by atoms with Crippen LogP contribution in [0.25, 0.3) is 67.5 Å². The monoisotopic (exact) mass is 715 g/mol. The molecule has 2 heterocycles. The second-order valence-electron chi connectivity index (χ2n) is 14.1. The van der Waals surface area contributed by atoms with Crippen LogP contribution in [0.3, 0.4) is 0 Å². The molecule has 0 saturated carbocycles. The average Bonchev–Trinajstić information content (AvgIpc) is 3.46. The van der Waals surface area contributed by atoms with E-state index >= 15 is 0 Å². The Morgan fingerprint density at radius 2 is 0.868 bits per heavy atom. The van der Waals surface area contributed by atoms with Crippen LogP contribution in [-0.2, 0) is 5.41 Å². The number of hydrogen-bond acceptors (Lipinski definition) is 5. The van der Waals surface area contributed by atoms with E-state index in [4.69, 9.17) is 15.0 Å². The van der Waals surface area contributed by atoms with Crippen molar-refractivity contribution in [3.8, 4) is 67.5 Å². The zero-order chi connectivity index (χ0) is 35.5. The summed E-state index contributed by atoms with van der Waals surface area (Å²) in [5, 5.41) is 0. The molecule has 5 heteroatoms. The molecule has 8 aromatic rings. The molecule has 1 aliphatic carbocycles. The van der Waals surface area contributed by atoms with E-state index in [1.54, 1.807) is 0 Å². The summed E-state index contributed by atoms with van der Waals surface area (Å²) in [5.41, 5.74) is 12.7. The highest BCUT2D eigenvalue weighted by molar-refractivity contribution is 8.05. The van der Waals surface area contributed by atoms with Gasteiger partial charge in [-0.1, -0.05) is 159 Å². The molecule has 7 aromatic carbocycles. The molecule has 0 atom stereocenters. The number of fused-ring (bicyclic) bond motifs is 6. The molecule has 252 valence electrons. The first-order chi connectivity index (χ1) is 26.0. The van der Waals surface area contributed by atoms with Crippen molar-refractivity contribution < 1.29 is 0 Å². The van der Waals surface area contributed by atoms with Gasteiger partial charge in [-0.15, -0.1) is 0 Å². The summed E-state index contributed by atoms with van der Waals surface area (Å²) in [6.45, 7) is 4.78. The van der Waals surface area contributed by atoms with Gasteiger partial charge in [-0.05, 0) is 87.0 Å². The maximum atomic E-state index is 5.11. The van der Waals surface area contributed by atoms with Crippen molar-refractivity contribution in [1.82, 2.24) is 15.0 Å². The van der Waals surface area contributed by atoms with Gasteiger partial charge in [0.1, 0.15) is 0 Å². The molecule has 0 radical (unpaired) electrons. The van der Waals surface area contributed by atoms with Crippen LogP contribution in [0, 0.1) is 0 Å². The Morgan fingerprint density at radius 3 is 1.49 bits per heavy atom. The van der Waals surface area contributed by atoms with Crippen molar-refractivity contribution in [2.45, 2.75) is 38.8 Å². The van der Waals surface area contributed by atoms with Crippen molar-refractivity contribution in [3.63, 3.8) is 0 Å². The van der Waals surface area contributed by atoms with Crippen molar-refractivity contribution in [3.05, 3.63) is 175 Å². The molecular formula is C48H33N3S2. The number of rotatable bonds is 5. The summed E-state index contributed by atoms with van der Waals surface area (Å²) in [7, 11) is 0. The molecule has 53 heavy (non-hydrogen) atoms. The number of nitrogens with zero attached hydrogens (tertiary/aromatic N) is 3. The Balaban J connectivity index is 1.13. The molecule has 1 aromatic heterocycles. The third-order valence-corrected chi connectivity index (χ3v) is 12.9. The number of benzene rings is 7. The van der Waals surface area contributed by atoms with Crippen molar-refractivity contribution in [2.75, 3.05) is 0 Å². The zero-order valence-electron chi connectivity index (χ0n) is 29.2. The fourth-order valence-corrected chi connectivity index (χ4v) is 10.3. The van der Waals surface area contributed by atoms with E-state index < -0.39 is 0 Å². The zero-order valence-corrected chi connectivity index (χ0v) is 30.9. The van der Waals surface area contributed by atoms with E-state index in [1.807, 2.05) is 59.9 Å². The van der Waals surface area contributed by atoms with Crippen molar-refractivity contribution >= 4 is 23.5 Å². The largest absolute Gasteiger partial charge is 0.208 e. The summed E-state index contributed by atoms with van der Waals surface area (Å²) in [4.78, 5) is 20.6. The second-order valence-corrected chi connectivity index (χ2v) is 16.2.